The summed E-state index contributed by atoms with van der Waals surface area (Å²) in [5, 5.41) is 5.61. The van der Waals surface area contributed by atoms with Crippen LogP contribution in [0.3, 0.4) is 0 Å². The zero-order valence-electron chi connectivity index (χ0n) is 14.0. The summed E-state index contributed by atoms with van der Waals surface area (Å²) in [6, 6.07) is 15.1. The van der Waals surface area contributed by atoms with Gasteiger partial charge in [0.2, 0.25) is 11.8 Å². The number of rotatable bonds is 7. The molecule has 2 rings (SSSR count). The second kappa shape index (κ2) is 8.72. The van der Waals surface area contributed by atoms with Gasteiger partial charge in [0, 0.05) is 25.6 Å². The van der Waals surface area contributed by atoms with Crippen LogP contribution < -0.4 is 15.4 Å². The number of carbonyl (C=O) groups is 2. The highest BCUT2D eigenvalue weighted by molar-refractivity contribution is 5.88. The maximum Gasteiger partial charge on any atom is 0.221 e. The molecule has 0 aliphatic carbocycles. The van der Waals surface area contributed by atoms with Crippen molar-refractivity contribution >= 4 is 17.5 Å². The predicted molar refractivity (Wildman–Crippen MR) is 93.9 cm³/mol. The van der Waals surface area contributed by atoms with Crippen molar-refractivity contribution < 1.29 is 14.3 Å². The Morgan fingerprint density at radius 1 is 1.04 bits per heavy atom. The van der Waals surface area contributed by atoms with E-state index in [0.29, 0.717) is 19.4 Å². The fourth-order valence-corrected chi connectivity index (χ4v) is 2.36. The van der Waals surface area contributed by atoms with Crippen LogP contribution in [-0.2, 0) is 22.6 Å². The molecule has 2 amide bonds. The van der Waals surface area contributed by atoms with Crippen LogP contribution in [0.15, 0.2) is 48.5 Å². The Balaban J connectivity index is 1.79. The minimum absolute atomic E-state index is 0.00755. The Bertz CT molecular complexity index is 696. The van der Waals surface area contributed by atoms with E-state index in [1.807, 2.05) is 48.5 Å². The van der Waals surface area contributed by atoms with Crippen LogP contribution >= 0.6 is 0 Å². The molecule has 0 unspecified atom stereocenters. The molecule has 0 saturated carbocycles. The van der Waals surface area contributed by atoms with Crippen molar-refractivity contribution in [3.05, 3.63) is 59.7 Å². The zero-order valence-corrected chi connectivity index (χ0v) is 14.0. The smallest absolute Gasteiger partial charge is 0.221 e. The van der Waals surface area contributed by atoms with Crippen molar-refractivity contribution in [2.75, 3.05) is 12.4 Å². The van der Waals surface area contributed by atoms with E-state index in [2.05, 4.69) is 10.6 Å². The number of para-hydroxylation sites is 1. The van der Waals surface area contributed by atoms with Gasteiger partial charge in [-0.2, -0.15) is 0 Å². The maximum atomic E-state index is 12.0. The number of amides is 2. The average molecular weight is 326 g/mol. The molecule has 2 N–H and O–H groups in total. The molecule has 0 aromatic heterocycles. The first kappa shape index (κ1) is 17.5. The lowest BCUT2D eigenvalue weighted by atomic mass is 10.1. The number of nitrogens with one attached hydrogen (secondary N) is 2. The lowest BCUT2D eigenvalue weighted by Gasteiger charge is -2.09. The zero-order chi connectivity index (χ0) is 17.4. The summed E-state index contributed by atoms with van der Waals surface area (Å²) in [6.45, 7) is 1.93. The van der Waals surface area contributed by atoms with E-state index in [1.54, 1.807) is 7.11 Å². The molecule has 24 heavy (non-hydrogen) atoms. The molecule has 0 atom stereocenters. The van der Waals surface area contributed by atoms with Crippen molar-refractivity contribution in [3.8, 4) is 5.75 Å². The SMILES string of the molecule is COc1ccccc1CCC(=O)NCc1ccc(NC(C)=O)cc1. The van der Waals surface area contributed by atoms with Gasteiger partial charge in [0.15, 0.2) is 0 Å². The second-order valence-corrected chi connectivity index (χ2v) is 5.47. The molecule has 0 aliphatic heterocycles. The summed E-state index contributed by atoms with van der Waals surface area (Å²) in [7, 11) is 1.63. The maximum absolute atomic E-state index is 12.0. The van der Waals surface area contributed by atoms with E-state index >= 15 is 0 Å². The lowest BCUT2D eigenvalue weighted by molar-refractivity contribution is -0.121. The van der Waals surface area contributed by atoms with Crippen molar-refractivity contribution in [3.63, 3.8) is 0 Å². The second-order valence-electron chi connectivity index (χ2n) is 5.47. The van der Waals surface area contributed by atoms with E-state index in [0.717, 1.165) is 22.6 Å². The van der Waals surface area contributed by atoms with E-state index in [-0.39, 0.29) is 11.8 Å². The summed E-state index contributed by atoms with van der Waals surface area (Å²) in [5.74, 6) is 0.693. The number of aryl methyl sites for hydroxylation is 1. The van der Waals surface area contributed by atoms with Crippen molar-refractivity contribution in [1.29, 1.82) is 0 Å². The molecule has 0 radical (unpaired) electrons. The number of carbonyl (C=O) groups excluding carboxylic acids is 2. The molecule has 5 nitrogen and oxygen atoms in total. The van der Waals surface area contributed by atoms with Crippen LogP contribution in [0.5, 0.6) is 5.75 Å². The van der Waals surface area contributed by atoms with E-state index in [9.17, 15) is 9.59 Å². The largest absolute Gasteiger partial charge is 0.496 e. The van der Waals surface area contributed by atoms with Crippen molar-refractivity contribution in [2.45, 2.75) is 26.3 Å². The van der Waals surface area contributed by atoms with Gasteiger partial charge < -0.3 is 15.4 Å². The molecule has 5 heteroatoms. The van der Waals surface area contributed by atoms with E-state index in [1.165, 1.54) is 6.92 Å². The summed E-state index contributed by atoms with van der Waals surface area (Å²) >= 11 is 0. The average Bonchev–Trinajstić information content (AvgIpc) is 2.59. The summed E-state index contributed by atoms with van der Waals surface area (Å²) < 4.78 is 5.28. The summed E-state index contributed by atoms with van der Waals surface area (Å²) in [6.07, 6.45) is 1.04. The van der Waals surface area contributed by atoms with Crippen LogP contribution in [-0.4, -0.2) is 18.9 Å². The first-order valence-electron chi connectivity index (χ1n) is 7.83. The van der Waals surface area contributed by atoms with Crippen LogP contribution in [0.1, 0.15) is 24.5 Å². The Kier molecular flexibility index (Phi) is 6.37. The quantitative estimate of drug-likeness (QED) is 0.822. The van der Waals surface area contributed by atoms with Crippen LogP contribution in [0, 0.1) is 0 Å². The number of benzene rings is 2. The molecule has 0 aliphatic rings. The standard InChI is InChI=1S/C19H22N2O3/c1-14(22)21-17-10-7-15(8-11-17)13-20-19(23)12-9-16-5-3-4-6-18(16)24-2/h3-8,10-11H,9,12-13H2,1-2H3,(H,20,23)(H,21,22). The van der Waals surface area contributed by atoms with Crippen LogP contribution in [0.25, 0.3) is 0 Å². The third-order valence-corrected chi connectivity index (χ3v) is 3.58. The molecule has 2 aromatic rings. The molecular weight excluding hydrogens is 304 g/mol. The topological polar surface area (TPSA) is 67.4 Å². The van der Waals surface area contributed by atoms with Crippen molar-refractivity contribution in [2.24, 2.45) is 0 Å². The Morgan fingerprint density at radius 3 is 2.42 bits per heavy atom. The number of methoxy groups -OCH3 is 1. The normalized spacial score (nSPS) is 10.1. The highest BCUT2D eigenvalue weighted by Crippen LogP contribution is 2.18. The monoisotopic (exact) mass is 326 g/mol. The fraction of sp³-hybridized carbons (Fsp3) is 0.263. The summed E-state index contributed by atoms with van der Waals surface area (Å²) in [4.78, 5) is 23.0. The first-order valence-corrected chi connectivity index (χ1v) is 7.83. The molecule has 0 bridgehead atoms. The summed E-state index contributed by atoms with van der Waals surface area (Å²) in [5.41, 5.74) is 2.75. The Hall–Kier alpha value is -2.82. The number of anilines is 1. The van der Waals surface area contributed by atoms with Crippen molar-refractivity contribution in [1.82, 2.24) is 5.32 Å². The Morgan fingerprint density at radius 2 is 1.75 bits per heavy atom. The van der Waals surface area contributed by atoms with Crippen LogP contribution in [0.4, 0.5) is 5.69 Å². The molecule has 126 valence electrons. The molecule has 0 saturated heterocycles. The highest BCUT2D eigenvalue weighted by atomic mass is 16.5. The third-order valence-electron chi connectivity index (χ3n) is 3.58. The molecular formula is C19H22N2O3. The van der Waals surface area contributed by atoms with Gasteiger partial charge in [-0.15, -0.1) is 0 Å². The minimum atomic E-state index is -0.104. The number of ether oxygens (including phenoxy) is 1. The lowest BCUT2D eigenvalue weighted by Crippen LogP contribution is -2.23. The van der Waals surface area contributed by atoms with Gasteiger partial charge in [0.05, 0.1) is 7.11 Å². The van der Waals surface area contributed by atoms with Crippen LogP contribution in [0.2, 0.25) is 0 Å². The Labute approximate surface area is 142 Å². The van der Waals surface area contributed by atoms with Gasteiger partial charge in [-0.05, 0) is 35.7 Å². The van der Waals surface area contributed by atoms with Gasteiger partial charge in [-0.3, -0.25) is 9.59 Å². The molecule has 0 heterocycles. The fourth-order valence-electron chi connectivity index (χ4n) is 2.36. The van der Waals surface area contributed by atoms with Gasteiger partial charge in [-0.25, -0.2) is 0 Å². The van der Waals surface area contributed by atoms with E-state index < -0.39 is 0 Å². The minimum Gasteiger partial charge on any atom is -0.496 e. The number of hydrogen-bond acceptors (Lipinski definition) is 3. The first-order chi connectivity index (χ1) is 11.6. The third kappa shape index (κ3) is 5.43. The van der Waals surface area contributed by atoms with Gasteiger partial charge in [0.25, 0.3) is 0 Å². The molecule has 2 aromatic carbocycles. The van der Waals surface area contributed by atoms with Gasteiger partial charge in [-0.1, -0.05) is 30.3 Å². The molecule has 0 spiro atoms. The van der Waals surface area contributed by atoms with Gasteiger partial charge >= 0.3 is 0 Å². The van der Waals surface area contributed by atoms with Gasteiger partial charge in [0.1, 0.15) is 5.75 Å². The highest BCUT2D eigenvalue weighted by Gasteiger charge is 2.06. The number of hydrogen-bond donors (Lipinski definition) is 2. The predicted octanol–water partition coefficient (Wildman–Crippen LogP) is 2.90. The van der Waals surface area contributed by atoms with E-state index in [4.69, 9.17) is 4.74 Å². The molecule has 0 fully saturated rings.